The summed E-state index contributed by atoms with van der Waals surface area (Å²) in [7, 11) is 4.61. The fourth-order valence-corrected chi connectivity index (χ4v) is 3.72. The zero-order chi connectivity index (χ0) is 22.0. The van der Waals surface area contributed by atoms with Crippen LogP contribution in [0, 0.1) is 0 Å². The maximum atomic E-state index is 10.2. The first kappa shape index (κ1) is 20.7. The van der Waals surface area contributed by atoms with Crippen molar-refractivity contribution in [3.8, 4) is 45.6 Å². The van der Waals surface area contributed by atoms with Crippen molar-refractivity contribution in [1.82, 2.24) is 0 Å². The van der Waals surface area contributed by atoms with Gasteiger partial charge in [0.15, 0.2) is 46.7 Å². The maximum Gasteiger partial charge on any atom is 0.170 e. The molecule has 3 aromatic carbocycles. The molecule has 1 aliphatic heterocycles. The van der Waals surface area contributed by atoms with Gasteiger partial charge in [0.05, 0.1) is 27.9 Å². The summed E-state index contributed by atoms with van der Waals surface area (Å²) < 4.78 is 29.1. The van der Waals surface area contributed by atoms with Gasteiger partial charge in [-0.05, 0) is 24.3 Å². The minimum Gasteiger partial charge on any atom is -0.504 e. The Morgan fingerprint density at radius 1 is 0.774 bits per heavy atom. The lowest BCUT2D eigenvalue weighted by Gasteiger charge is -2.33. The summed E-state index contributed by atoms with van der Waals surface area (Å²) >= 11 is 0. The maximum absolute atomic E-state index is 10.2. The van der Waals surface area contributed by atoms with Gasteiger partial charge >= 0.3 is 0 Å². The number of hydrogen-bond donors (Lipinski definition) is 2. The van der Waals surface area contributed by atoms with E-state index < -0.39 is 12.2 Å². The molecule has 0 spiro atoms. The van der Waals surface area contributed by atoms with Crippen LogP contribution in [0.3, 0.4) is 0 Å². The number of benzene rings is 3. The van der Waals surface area contributed by atoms with Crippen molar-refractivity contribution in [3.63, 3.8) is 0 Å². The summed E-state index contributed by atoms with van der Waals surface area (Å²) in [5.74, 6) is 2.38. The average molecular weight is 424 g/mol. The normalized spacial score (nSPS) is 17.2. The van der Waals surface area contributed by atoms with Crippen molar-refractivity contribution < 1.29 is 33.9 Å². The molecule has 1 aliphatic rings. The number of rotatable bonds is 5. The second-order valence-electron chi connectivity index (χ2n) is 6.98. The molecular formula is C24H24O7. The van der Waals surface area contributed by atoms with Crippen LogP contribution in [0.5, 0.6) is 34.5 Å². The molecule has 2 N–H and O–H groups in total. The number of fused-ring (bicyclic) bond motifs is 3. The molecule has 31 heavy (non-hydrogen) atoms. The van der Waals surface area contributed by atoms with E-state index in [2.05, 4.69) is 0 Å². The van der Waals surface area contributed by atoms with Crippen molar-refractivity contribution in [2.45, 2.75) is 12.2 Å². The van der Waals surface area contributed by atoms with Crippen LogP contribution in [0.1, 0.15) is 11.7 Å². The monoisotopic (exact) mass is 424 g/mol. The fourth-order valence-electron chi connectivity index (χ4n) is 3.72. The van der Waals surface area contributed by atoms with Crippen molar-refractivity contribution in [1.29, 1.82) is 0 Å². The van der Waals surface area contributed by atoms with E-state index in [9.17, 15) is 10.2 Å². The third-order valence-electron chi connectivity index (χ3n) is 5.25. The van der Waals surface area contributed by atoms with E-state index in [1.807, 2.05) is 30.3 Å². The number of methoxy groups -OCH3 is 3. The Morgan fingerprint density at radius 2 is 1.35 bits per heavy atom. The van der Waals surface area contributed by atoms with Crippen molar-refractivity contribution in [2.24, 2.45) is 0 Å². The third-order valence-corrected chi connectivity index (χ3v) is 5.25. The molecule has 0 saturated carbocycles. The van der Waals surface area contributed by atoms with Crippen LogP contribution in [0.2, 0.25) is 0 Å². The lowest BCUT2D eigenvalue weighted by atomic mass is 9.98. The minimum absolute atomic E-state index is 0.00329. The molecule has 0 fully saturated rings. The summed E-state index contributed by atoms with van der Waals surface area (Å²) in [5, 5.41) is 20.2. The van der Waals surface area contributed by atoms with Gasteiger partial charge in [0.1, 0.15) is 0 Å². The molecule has 4 rings (SSSR count). The van der Waals surface area contributed by atoms with Gasteiger partial charge in [0.2, 0.25) is 0 Å². The van der Waals surface area contributed by atoms with Crippen molar-refractivity contribution in [3.05, 3.63) is 60.2 Å². The van der Waals surface area contributed by atoms with Gasteiger partial charge in [0, 0.05) is 16.7 Å². The standard InChI is InChI=1S/C24H24O7/c1-27-18-8-4-6-15-16-7-5-9-19(28-2)24(16)31-22(21(13-25)30-23(15)18)14-10-11-17(26)20(12-14)29-3/h4-12,21-22,25-26H,13H2,1-3H3/t21-,22+/m0/s1. The summed E-state index contributed by atoms with van der Waals surface area (Å²) in [4.78, 5) is 0. The third kappa shape index (κ3) is 3.68. The number of para-hydroxylation sites is 2. The molecule has 7 nitrogen and oxygen atoms in total. The zero-order valence-corrected chi connectivity index (χ0v) is 17.5. The molecule has 0 radical (unpaired) electrons. The quantitative estimate of drug-likeness (QED) is 0.641. The second kappa shape index (κ2) is 8.65. The largest absolute Gasteiger partial charge is 0.504 e. The number of hydrogen-bond acceptors (Lipinski definition) is 7. The number of ether oxygens (including phenoxy) is 5. The number of phenolic OH excluding ortho intramolecular Hbond substituents is 1. The molecule has 0 aromatic heterocycles. The van der Waals surface area contributed by atoms with E-state index in [1.54, 1.807) is 32.4 Å². The highest BCUT2D eigenvalue weighted by Crippen LogP contribution is 2.49. The highest BCUT2D eigenvalue weighted by molar-refractivity contribution is 5.81. The van der Waals surface area contributed by atoms with Gasteiger partial charge in [-0.1, -0.05) is 30.3 Å². The van der Waals surface area contributed by atoms with Crippen LogP contribution >= 0.6 is 0 Å². The van der Waals surface area contributed by atoms with Crippen LogP contribution in [-0.4, -0.2) is 44.3 Å². The average Bonchev–Trinajstić information content (AvgIpc) is 2.80. The minimum atomic E-state index is -0.776. The van der Waals surface area contributed by atoms with Crippen LogP contribution in [0.4, 0.5) is 0 Å². The molecule has 3 aromatic rings. The fraction of sp³-hybridized carbons (Fsp3) is 0.250. The first-order valence-electron chi connectivity index (χ1n) is 9.76. The van der Waals surface area contributed by atoms with E-state index in [0.29, 0.717) is 28.6 Å². The van der Waals surface area contributed by atoms with E-state index in [1.165, 1.54) is 13.2 Å². The Morgan fingerprint density at radius 3 is 1.90 bits per heavy atom. The first-order chi connectivity index (χ1) is 15.1. The number of phenols is 1. The van der Waals surface area contributed by atoms with Crippen LogP contribution in [-0.2, 0) is 0 Å². The Labute approximate surface area is 180 Å². The SMILES string of the molecule is COc1cc([C@H]2Oc3c(OC)cccc3-c3cccc(OC)c3O[C@H]2CO)ccc1O. The lowest BCUT2D eigenvalue weighted by molar-refractivity contribution is 0.0108. The smallest absolute Gasteiger partial charge is 0.170 e. The van der Waals surface area contributed by atoms with Crippen LogP contribution in [0.15, 0.2) is 54.6 Å². The van der Waals surface area contributed by atoms with E-state index in [0.717, 1.165) is 11.1 Å². The molecular weight excluding hydrogens is 400 g/mol. The van der Waals surface area contributed by atoms with Crippen LogP contribution in [0.25, 0.3) is 11.1 Å². The molecule has 162 valence electrons. The van der Waals surface area contributed by atoms with E-state index in [4.69, 9.17) is 23.7 Å². The number of aliphatic hydroxyl groups excluding tert-OH is 1. The summed E-state index contributed by atoms with van der Waals surface area (Å²) in [6, 6.07) is 16.0. The number of aromatic hydroxyl groups is 1. The molecule has 0 bridgehead atoms. The Hall–Kier alpha value is -3.58. The summed E-state index contributed by atoms with van der Waals surface area (Å²) in [6.45, 7) is -0.324. The lowest BCUT2D eigenvalue weighted by Crippen LogP contribution is -2.34. The van der Waals surface area contributed by atoms with Gasteiger partial charge in [-0.25, -0.2) is 0 Å². The number of aliphatic hydroxyl groups is 1. The summed E-state index contributed by atoms with van der Waals surface area (Å²) in [6.07, 6.45) is -1.50. The van der Waals surface area contributed by atoms with Crippen molar-refractivity contribution >= 4 is 0 Å². The van der Waals surface area contributed by atoms with Gasteiger partial charge in [-0.3, -0.25) is 0 Å². The molecule has 0 aliphatic carbocycles. The highest BCUT2D eigenvalue weighted by Gasteiger charge is 2.34. The molecule has 0 unspecified atom stereocenters. The molecule has 0 amide bonds. The van der Waals surface area contributed by atoms with E-state index in [-0.39, 0.29) is 18.1 Å². The second-order valence-corrected chi connectivity index (χ2v) is 6.98. The van der Waals surface area contributed by atoms with E-state index >= 15 is 0 Å². The Kier molecular flexibility index (Phi) is 5.77. The predicted molar refractivity (Wildman–Crippen MR) is 115 cm³/mol. The topological polar surface area (TPSA) is 86.6 Å². The van der Waals surface area contributed by atoms with Crippen molar-refractivity contribution in [2.75, 3.05) is 27.9 Å². The molecule has 2 atom stereocenters. The van der Waals surface area contributed by atoms with Gasteiger partial charge in [0.25, 0.3) is 0 Å². The Balaban J connectivity index is 1.95. The molecule has 7 heteroatoms. The van der Waals surface area contributed by atoms with Gasteiger partial charge < -0.3 is 33.9 Å². The predicted octanol–water partition coefficient (Wildman–Crippen LogP) is 3.96. The van der Waals surface area contributed by atoms with Gasteiger partial charge in [-0.15, -0.1) is 0 Å². The zero-order valence-electron chi connectivity index (χ0n) is 17.5. The summed E-state index contributed by atoms with van der Waals surface area (Å²) in [5.41, 5.74) is 2.18. The van der Waals surface area contributed by atoms with Gasteiger partial charge in [-0.2, -0.15) is 0 Å². The molecule has 1 heterocycles. The first-order valence-corrected chi connectivity index (χ1v) is 9.76. The Bertz CT molecular complexity index is 1080. The van der Waals surface area contributed by atoms with Crippen LogP contribution < -0.4 is 23.7 Å². The highest BCUT2D eigenvalue weighted by atomic mass is 16.6. The molecule has 0 saturated heterocycles.